The monoisotopic (exact) mass is 258 g/mol. The molecule has 2 nitrogen and oxygen atoms in total. The van der Waals surface area contributed by atoms with E-state index in [1.54, 1.807) is 0 Å². The van der Waals surface area contributed by atoms with E-state index in [4.69, 9.17) is 5.73 Å². The van der Waals surface area contributed by atoms with Gasteiger partial charge in [-0.1, -0.05) is 24.3 Å². The summed E-state index contributed by atoms with van der Waals surface area (Å²) < 4.78 is 2.13. The lowest BCUT2D eigenvalue weighted by Gasteiger charge is -2.09. The van der Waals surface area contributed by atoms with E-state index in [0.717, 1.165) is 11.4 Å². The van der Waals surface area contributed by atoms with E-state index in [-0.39, 0.29) is 12.4 Å². The Morgan fingerprint density at radius 2 is 1.78 bits per heavy atom. The van der Waals surface area contributed by atoms with Crippen LogP contribution in [0.1, 0.15) is 5.56 Å². The topological polar surface area (TPSA) is 30.9 Å². The average Bonchev–Trinajstić information content (AvgIpc) is 2.73. The van der Waals surface area contributed by atoms with Gasteiger partial charge in [0.1, 0.15) is 0 Å². The second kappa shape index (κ2) is 4.75. The lowest BCUT2D eigenvalue weighted by atomic mass is 10.2. The van der Waals surface area contributed by atoms with Crippen molar-refractivity contribution in [1.29, 1.82) is 0 Å². The summed E-state index contributed by atoms with van der Waals surface area (Å²) in [6.45, 7) is 2.05. The number of hydrogen-bond acceptors (Lipinski definition) is 1. The number of benzene rings is 2. The predicted molar refractivity (Wildman–Crippen MR) is 79.7 cm³/mol. The van der Waals surface area contributed by atoms with E-state index in [0.29, 0.717) is 0 Å². The summed E-state index contributed by atoms with van der Waals surface area (Å²) in [5.74, 6) is 0. The van der Waals surface area contributed by atoms with Crippen LogP contribution in [0.25, 0.3) is 16.6 Å². The van der Waals surface area contributed by atoms with Crippen molar-refractivity contribution in [3.63, 3.8) is 0 Å². The first kappa shape index (κ1) is 12.5. The maximum absolute atomic E-state index is 6.08. The molecule has 18 heavy (non-hydrogen) atoms. The van der Waals surface area contributed by atoms with E-state index in [1.165, 1.54) is 16.5 Å². The molecular weight excluding hydrogens is 244 g/mol. The van der Waals surface area contributed by atoms with Crippen LogP contribution >= 0.6 is 12.4 Å². The fraction of sp³-hybridized carbons (Fsp3) is 0.0667. The second-order valence-corrected chi connectivity index (χ2v) is 4.31. The van der Waals surface area contributed by atoms with Crippen LogP contribution in [-0.2, 0) is 0 Å². The van der Waals surface area contributed by atoms with Crippen molar-refractivity contribution in [2.24, 2.45) is 0 Å². The smallest absolute Gasteiger partial charge is 0.0686 e. The van der Waals surface area contributed by atoms with Gasteiger partial charge in [-0.05, 0) is 42.1 Å². The van der Waals surface area contributed by atoms with Crippen molar-refractivity contribution in [1.82, 2.24) is 4.57 Å². The Bertz CT molecular complexity index is 686. The molecule has 3 aromatic rings. The first-order valence-corrected chi connectivity index (χ1v) is 5.68. The van der Waals surface area contributed by atoms with Gasteiger partial charge < -0.3 is 10.3 Å². The Morgan fingerprint density at radius 3 is 2.56 bits per heavy atom. The number of hydrogen-bond donors (Lipinski definition) is 1. The number of halogens is 1. The Balaban J connectivity index is 0.00000120. The predicted octanol–water partition coefficient (Wildman–Crippen LogP) is 3.94. The Labute approximate surface area is 112 Å². The van der Waals surface area contributed by atoms with Crippen molar-refractivity contribution in [3.05, 3.63) is 60.3 Å². The van der Waals surface area contributed by atoms with Crippen LogP contribution in [0.4, 0.5) is 5.69 Å². The van der Waals surface area contributed by atoms with Gasteiger partial charge in [-0.25, -0.2) is 0 Å². The highest BCUT2D eigenvalue weighted by atomic mass is 35.5. The van der Waals surface area contributed by atoms with E-state index in [2.05, 4.69) is 41.1 Å². The molecule has 0 fully saturated rings. The van der Waals surface area contributed by atoms with E-state index in [1.807, 2.05) is 25.1 Å². The van der Waals surface area contributed by atoms with Gasteiger partial charge in [0.15, 0.2) is 0 Å². The molecule has 0 amide bonds. The molecule has 0 aliphatic heterocycles. The molecule has 0 unspecified atom stereocenters. The van der Waals surface area contributed by atoms with Crippen molar-refractivity contribution >= 4 is 29.0 Å². The molecule has 1 aromatic heterocycles. The zero-order chi connectivity index (χ0) is 11.8. The summed E-state index contributed by atoms with van der Waals surface area (Å²) in [5.41, 5.74) is 10.3. The summed E-state index contributed by atoms with van der Waals surface area (Å²) in [6.07, 6.45) is 2.06. The molecule has 0 atom stereocenters. The first-order valence-electron chi connectivity index (χ1n) is 5.68. The Hall–Kier alpha value is -1.93. The number of nitrogen functional groups attached to an aromatic ring is 1. The zero-order valence-corrected chi connectivity index (χ0v) is 10.9. The zero-order valence-electron chi connectivity index (χ0n) is 10.1. The molecule has 0 saturated carbocycles. The molecule has 0 aliphatic rings. The summed E-state index contributed by atoms with van der Waals surface area (Å²) >= 11 is 0. The molecule has 3 rings (SSSR count). The molecular formula is C15H15ClN2. The van der Waals surface area contributed by atoms with Gasteiger partial charge in [0.25, 0.3) is 0 Å². The number of aryl methyl sites for hydroxylation is 1. The normalized spacial score (nSPS) is 10.3. The number of nitrogens with two attached hydrogens (primary N) is 1. The summed E-state index contributed by atoms with van der Waals surface area (Å²) in [4.78, 5) is 0. The molecule has 2 aromatic carbocycles. The van der Waals surface area contributed by atoms with E-state index in [9.17, 15) is 0 Å². The third kappa shape index (κ3) is 1.95. The van der Waals surface area contributed by atoms with Gasteiger partial charge >= 0.3 is 0 Å². The van der Waals surface area contributed by atoms with Crippen LogP contribution < -0.4 is 5.73 Å². The molecule has 0 bridgehead atoms. The number of fused-ring (bicyclic) bond motifs is 1. The van der Waals surface area contributed by atoms with Gasteiger partial charge in [0.05, 0.1) is 16.9 Å². The number of para-hydroxylation sites is 1. The number of aromatic nitrogens is 1. The molecule has 0 saturated heterocycles. The van der Waals surface area contributed by atoms with Gasteiger partial charge in [-0.3, -0.25) is 0 Å². The fourth-order valence-electron chi connectivity index (χ4n) is 2.19. The van der Waals surface area contributed by atoms with Crippen LogP contribution in [0.3, 0.4) is 0 Å². The first-order chi connectivity index (χ1) is 8.25. The Kier molecular flexibility index (Phi) is 3.30. The van der Waals surface area contributed by atoms with Crippen molar-refractivity contribution in [3.8, 4) is 5.69 Å². The van der Waals surface area contributed by atoms with Gasteiger partial charge in [0.2, 0.25) is 0 Å². The lowest BCUT2D eigenvalue weighted by molar-refractivity contribution is 1.13. The molecule has 0 radical (unpaired) electrons. The fourth-order valence-corrected chi connectivity index (χ4v) is 2.19. The van der Waals surface area contributed by atoms with Gasteiger partial charge in [-0.2, -0.15) is 0 Å². The van der Waals surface area contributed by atoms with Crippen LogP contribution in [0.15, 0.2) is 54.7 Å². The standard InChI is InChI=1S/C15H14N2.ClH/c1-11-6-7-15(13(16)10-11)17-9-8-12-4-2-3-5-14(12)17;/h2-10H,16H2,1H3;1H. The maximum Gasteiger partial charge on any atom is 0.0686 e. The number of anilines is 1. The number of nitrogens with zero attached hydrogens (tertiary/aromatic N) is 1. The summed E-state index contributed by atoms with van der Waals surface area (Å²) in [7, 11) is 0. The molecule has 2 N–H and O–H groups in total. The van der Waals surface area contributed by atoms with Crippen molar-refractivity contribution in [2.45, 2.75) is 6.92 Å². The highest BCUT2D eigenvalue weighted by Gasteiger charge is 2.05. The second-order valence-electron chi connectivity index (χ2n) is 4.31. The van der Waals surface area contributed by atoms with Crippen LogP contribution in [0.5, 0.6) is 0 Å². The van der Waals surface area contributed by atoms with Gasteiger partial charge in [-0.15, -0.1) is 12.4 Å². The lowest BCUT2D eigenvalue weighted by Crippen LogP contribution is -1.98. The van der Waals surface area contributed by atoms with Crippen LogP contribution in [0, 0.1) is 6.92 Å². The maximum atomic E-state index is 6.08. The molecule has 3 heteroatoms. The minimum Gasteiger partial charge on any atom is -0.397 e. The molecule has 0 aliphatic carbocycles. The van der Waals surface area contributed by atoms with Crippen LogP contribution in [0.2, 0.25) is 0 Å². The average molecular weight is 259 g/mol. The molecule has 0 spiro atoms. The Morgan fingerprint density at radius 1 is 1.00 bits per heavy atom. The minimum atomic E-state index is 0. The van der Waals surface area contributed by atoms with E-state index < -0.39 is 0 Å². The summed E-state index contributed by atoms with van der Waals surface area (Å²) in [5, 5.41) is 1.23. The number of rotatable bonds is 1. The van der Waals surface area contributed by atoms with E-state index >= 15 is 0 Å². The highest BCUT2D eigenvalue weighted by Crippen LogP contribution is 2.24. The summed E-state index contributed by atoms with van der Waals surface area (Å²) in [6, 6.07) is 16.6. The minimum absolute atomic E-state index is 0. The van der Waals surface area contributed by atoms with Crippen molar-refractivity contribution < 1.29 is 0 Å². The molecule has 1 heterocycles. The highest BCUT2D eigenvalue weighted by molar-refractivity contribution is 5.85. The third-order valence-electron chi connectivity index (χ3n) is 3.04. The SMILES string of the molecule is Cc1ccc(-n2ccc3ccccc32)c(N)c1.Cl. The third-order valence-corrected chi connectivity index (χ3v) is 3.04. The quantitative estimate of drug-likeness (QED) is 0.659. The van der Waals surface area contributed by atoms with Gasteiger partial charge in [0, 0.05) is 6.20 Å². The largest absolute Gasteiger partial charge is 0.397 e. The van der Waals surface area contributed by atoms with Crippen LogP contribution in [-0.4, -0.2) is 4.57 Å². The molecule has 92 valence electrons. The van der Waals surface area contributed by atoms with Crippen molar-refractivity contribution in [2.75, 3.05) is 5.73 Å².